The number of fused-ring (bicyclic) bond motifs is 1. The van der Waals surface area contributed by atoms with E-state index in [1.54, 1.807) is 18.7 Å². The van der Waals surface area contributed by atoms with Crippen molar-refractivity contribution < 1.29 is 19.1 Å². The van der Waals surface area contributed by atoms with Crippen LogP contribution in [0.3, 0.4) is 0 Å². The van der Waals surface area contributed by atoms with Crippen molar-refractivity contribution in [2.24, 2.45) is 0 Å². The summed E-state index contributed by atoms with van der Waals surface area (Å²) < 4.78 is 11.3. The third kappa shape index (κ3) is 5.21. The van der Waals surface area contributed by atoms with E-state index in [9.17, 15) is 9.59 Å². The minimum atomic E-state index is -0.938. The molecule has 1 aromatic rings. The number of anilines is 1. The first-order chi connectivity index (χ1) is 12.2. The number of benzene rings is 1. The van der Waals surface area contributed by atoms with E-state index >= 15 is 0 Å². The van der Waals surface area contributed by atoms with E-state index in [2.05, 4.69) is 5.32 Å². The molecule has 0 fully saturated rings. The van der Waals surface area contributed by atoms with E-state index in [0.29, 0.717) is 25.4 Å². The highest BCUT2D eigenvalue weighted by molar-refractivity contribution is 6.02. The van der Waals surface area contributed by atoms with Gasteiger partial charge in [-0.05, 0) is 58.7 Å². The summed E-state index contributed by atoms with van der Waals surface area (Å²) in [5, 5.41) is 2.88. The monoisotopic (exact) mass is 362 g/mol. The third-order valence-corrected chi connectivity index (χ3v) is 4.19. The molecule has 0 aromatic heterocycles. The van der Waals surface area contributed by atoms with Crippen LogP contribution in [-0.4, -0.2) is 43.2 Å². The first kappa shape index (κ1) is 20.2. The number of hydrogen-bond donors (Lipinski definition) is 1. The molecule has 26 heavy (non-hydrogen) atoms. The van der Waals surface area contributed by atoms with Gasteiger partial charge >= 0.3 is 0 Å². The second kappa shape index (κ2) is 8.54. The Labute approximate surface area is 155 Å². The molecular weight excluding hydrogens is 332 g/mol. The molecule has 1 heterocycles. The first-order valence-corrected chi connectivity index (χ1v) is 9.20. The normalized spacial score (nSPS) is 15.6. The molecule has 1 aliphatic heterocycles. The fourth-order valence-electron chi connectivity index (χ4n) is 2.82. The Hall–Kier alpha value is -2.08. The summed E-state index contributed by atoms with van der Waals surface area (Å²) >= 11 is 0. The number of carbonyl (C=O) groups is 2. The summed E-state index contributed by atoms with van der Waals surface area (Å²) in [6.45, 7) is 11.0. The van der Waals surface area contributed by atoms with Crippen LogP contribution in [0.1, 0.15) is 46.1 Å². The van der Waals surface area contributed by atoms with E-state index < -0.39 is 5.60 Å². The van der Waals surface area contributed by atoms with E-state index in [0.717, 1.165) is 17.7 Å². The molecule has 2 amide bonds. The average molecular weight is 362 g/mol. The molecule has 0 spiro atoms. The standard InChI is InChI=1S/C20H30N2O4/c1-14(2)25-12-6-10-21-18(23)9-11-22-16-13-15(3)7-8-17(16)26-20(4,5)19(22)24/h7-8,13-14H,6,9-12H2,1-5H3,(H,21,23). The van der Waals surface area contributed by atoms with E-state index in [1.165, 1.54) is 0 Å². The minimum Gasteiger partial charge on any atom is -0.476 e. The molecular formula is C20H30N2O4. The number of carbonyl (C=O) groups excluding carboxylic acids is 2. The Bertz CT molecular complexity index is 655. The zero-order chi connectivity index (χ0) is 19.3. The van der Waals surface area contributed by atoms with Crippen molar-refractivity contribution >= 4 is 17.5 Å². The molecule has 0 aliphatic carbocycles. The summed E-state index contributed by atoms with van der Waals surface area (Å²) in [6, 6.07) is 5.75. The van der Waals surface area contributed by atoms with Crippen LogP contribution in [0.15, 0.2) is 18.2 Å². The summed E-state index contributed by atoms with van der Waals surface area (Å²) in [7, 11) is 0. The van der Waals surface area contributed by atoms with E-state index in [4.69, 9.17) is 9.47 Å². The fourth-order valence-corrected chi connectivity index (χ4v) is 2.82. The van der Waals surface area contributed by atoms with Gasteiger partial charge in [0, 0.05) is 26.1 Å². The highest BCUT2D eigenvalue weighted by Gasteiger charge is 2.40. The highest BCUT2D eigenvalue weighted by atomic mass is 16.5. The van der Waals surface area contributed by atoms with Crippen molar-refractivity contribution in [3.63, 3.8) is 0 Å². The molecule has 0 saturated heterocycles. The maximum absolute atomic E-state index is 12.7. The molecule has 1 aliphatic rings. The maximum atomic E-state index is 12.7. The molecule has 0 radical (unpaired) electrons. The van der Waals surface area contributed by atoms with Gasteiger partial charge in [0.2, 0.25) is 5.91 Å². The van der Waals surface area contributed by atoms with Gasteiger partial charge in [-0.25, -0.2) is 0 Å². The van der Waals surface area contributed by atoms with Gasteiger partial charge in [-0.15, -0.1) is 0 Å². The second-order valence-corrected chi connectivity index (χ2v) is 7.41. The van der Waals surface area contributed by atoms with Gasteiger partial charge in [0.15, 0.2) is 5.60 Å². The van der Waals surface area contributed by atoms with Crippen molar-refractivity contribution in [1.29, 1.82) is 0 Å². The molecule has 2 rings (SSSR count). The topological polar surface area (TPSA) is 67.9 Å². The Morgan fingerprint density at radius 1 is 1.35 bits per heavy atom. The molecule has 0 bridgehead atoms. The van der Waals surface area contributed by atoms with Crippen molar-refractivity contribution in [3.8, 4) is 5.75 Å². The molecule has 144 valence electrons. The quantitative estimate of drug-likeness (QED) is 0.722. The molecule has 1 aromatic carbocycles. The Morgan fingerprint density at radius 2 is 2.08 bits per heavy atom. The zero-order valence-electron chi connectivity index (χ0n) is 16.4. The lowest BCUT2D eigenvalue weighted by Gasteiger charge is -2.38. The van der Waals surface area contributed by atoms with Crippen LogP contribution in [0.25, 0.3) is 0 Å². The van der Waals surface area contributed by atoms with Crippen molar-refractivity contribution in [1.82, 2.24) is 5.32 Å². The lowest BCUT2D eigenvalue weighted by atomic mass is 10.0. The largest absolute Gasteiger partial charge is 0.476 e. The van der Waals surface area contributed by atoms with E-state index in [1.807, 2.05) is 39.0 Å². The summed E-state index contributed by atoms with van der Waals surface area (Å²) in [5.74, 6) is 0.473. The predicted molar refractivity (Wildman–Crippen MR) is 102 cm³/mol. The minimum absolute atomic E-state index is 0.0687. The maximum Gasteiger partial charge on any atom is 0.270 e. The lowest BCUT2D eigenvalue weighted by molar-refractivity contribution is -0.132. The van der Waals surface area contributed by atoms with Gasteiger partial charge in [0.05, 0.1) is 11.8 Å². The van der Waals surface area contributed by atoms with Gasteiger partial charge in [0.1, 0.15) is 5.75 Å². The number of hydrogen-bond acceptors (Lipinski definition) is 4. The average Bonchev–Trinajstić information content (AvgIpc) is 2.55. The van der Waals surface area contributed by atoms with Gasteiger partial charge in [-0.3, -0.25) is 9.59 Å². The summed E-state index contributed by atoms with van der Waals surface area (Å²) in [5.41, 5.74) is 0.833. The number of ether oxygens (including phenoxy) is 2. The smallest absolute Gasteiger partial charge is 0.270 e. The van der Waals surface area contributed by atoms with Crippen LogP contribution < -0.4 is 15.0 Å². The number of nitrogens with one attached hydrogen (secondary N) is 1. The number of nitrogens with zero attached hydrogens (tertiary/aromatic N) is 1. The van der Waals surface area contributed by atoms with Gasteiger partial charge in [-0.1, -0.05) is 6.07 Å². The summed E-state index contributed by atoms with van der Waals surface area (Å²) in [6.07, 6.45) is 1.22. The Morgan fingerprint density at radius 3 is 2.77 bits per heavy atom. The molecule has 1 N–H and O–H groups in total. The number of amides is 2. The molecule has 0 saturated carbocycles. The van der Waals surface area contributed by atoms with Crippen molar-refractivity contribution in [3.05, 3.63) is 23.8 Å². The predicted octanol–water partition coefficient (Wildman–Crippen LogP) is 2.82. The molecule has 6 heteroatoms. The molecule has 0 unspecified atom stereocenters. The van der Waals surface area contributed by atoms with Crippen LogP contribution in [0, 0.1) is 6.92 Å². The van der Waals surface area contributed by atoms with Gasteiger partial charge in [0.25, 0.3) is 5.91 Å². The Kier molecular flexibility index (Phi) is 6.64. The van der Waals surface area contributed by atoms with Crippen molar-refractivity contribution in [2.75, 3.05) is 24.6 Å². The summed E-state index contributed by atoms with van der Waals surface area (Å²) in [4.78, 5) is 26.5. The SMILES string of the molecule is Cc1ccc2c(c1)N(CCC(=O)NCCCOC(C)C)C(=O)C(C)(C)O2. The van der Waals surface area contributed by atoms with Crippen LogP contribution in [0.5, 0.6) is 5.75 Å². The van der Waals surface area contributed by atoms with Gasteiger partial charge in [-0.2, -0.15) is 0 Å². The van der Waals surface area contributed by atoms with E-state index in [-0.39, 0.29) is 24.3 Å². The highest BCUT2D eigenvalue weighted by Crippen LogP contribution is 2.38. The van der Waals surface area contributed by atoms with Crippen LogP contribution in [-0.2, 0) is 14.3 Å². The number of rotatable bonds is 8. The second-order valence-electron chi connectivity index (χ2n) is 7.41. The Balaban J connectivity index is 1.92. The zero-order valence-corrected chi connectivity index (χ0v) is 16.4. The van der Waals surface area contributed by atoms with Crippen LogP contribution in [0.4, 0.5) is 5.69 Å². The lowest BCUT2D eigenvalue weighted by Crippen LogP contribution is -2.53. The number of aryl methyl sites for hydroxylation is 1. The fraction of sp³-hybridized carbons (Fsp3) is 0.600. The van der Waals surface area contributed by atoms with Crippen LogP contribution >= 0.6 is 0 Å². The van der Waals surface area contributed by atoms with Crippen LogP contribution in [0.2, 0.25) is 0 Å². The molecule has 6 nitrogen and oxygen atoms in total. The van der Waals surface area contributed by atoms with Crippen molar-refractivity contribution in [2.45, 2.75) is 59.2 Å². The third-order valence-electron chi connectivity index (χ3n) is 4.19. The first-order valence-electron chi connectivity index (χ1n) is 9.20. The molecule has 0 atom stereocenters. The van der Waals surface area contributed by atoms with Gasteiger partial charge < -0.3 is 19.7 Å².